The van der Waals surface area contributed by atoms with E-state index in [1.807, 2.05) is 0 Å². The van der Waals surface area contributed by atoms with Crippen LogP contribution in [0.5, 0.6) is 0 Å². The lowest BCUT2D eigenvalue weighted by Gasteiger charge is -2.05. The average Bonchev–Trinajstić information content (AvgIpc) is 2.15. The molecule has 0 saturated carbocycles. The van der Waals surface area contributed by atoms with E-state index in [2.05, 4.69) is 0 Å². The Bertz CT molecular complexity index is 378. The van der Waals surface area contributed by atoms with Crippen molar-refractivity contribution in [1.82, 2.24) is 3.94 Å². The minimum absolute atomic E-state index is 0.0255. The van der Waals surface area contributed by atoms with Gasteiger partial charge in [0.05, 0.1) is 0 Å². The van der Waals surface area contributed by atoms with Gasteiger partial charge in [-0.15, -0.1) is 0 Å². The fraction of sp³-hybridized carbons (Fsp3) is 0.125. The molecule has 0 aliphatic rings. The van der Waals surface area contributed by atoms with E-state index >= 15 is 0 Å². The highest BCUT2D eigenvalue weighted by atomic mass is 35.5. The van der Waals surface area contributed by atoms with Crippen molar-refractivity contribution in [3.8, 4) is 0 Å². The summed E-state index contributed by atoms with van der Waals surface area (Å²) in [6.07, 6.45) is 0. The van der Waals surface area contributed by atoms with Crippen LogP contribution < -0.4 is 0 Å². The molecule has 0 saturated heterocycles. The van der Waals surface area contributed by atoms with E-state index in [1.54, 1.807) is 6.07 Å². The molecule has 0 heterocycles. The van der Waals surface area contributed by atoms with Crippen LogP contribution >= 0.6 is 23.6 Å². The fourth-order valence-corrected chi connectivity index (χ4v) is 0.943. The number of halogens is 2. The van der Waals surface area contributed by atoms with Crippen molar-refractivity contribution in [2.45, 2.75) is 6.85 Å². The molecule has 12 heavy (non-hydrogen) atoms. The number of benzene rings is 1. The van der Waals surface area contributed by atoms with Gasteiger partial charge in [-0.2, -0.15) is 3.94 Å². The number of aryl methyl sites for hydroxylation is 1. The Balaban J connectivity index is 3.25. The van der Waals surface area contributed by atoms with Crippen molar-refractivity contribution in [2.75, 3.05) is 0 Å². The van der Waals surface area contributed by atoms with Gasteiger partial charge in [-0.05, 0) is 18.5 Å². The highest BCUT2D eigenvalue weighted by Crippen LogP contribution is 2.13. The number of carbonyl (C=O) groups is 1. The molecule has 0 atom stereocenters. The van der Waals surface area contributed by atoms with Crippen molar-refractivity contribution in [1.29, 1.82) is 0 Å². The van der Waals surface area contributed by atoms with Crippen LogP contribution in [-0.4, -0.2) is 9.85 Å². The first kappa shape index (κ1) is 5.84. The van der Waals surface area contributed by atoms with Gasteiger partial charge in [0.2, 0.25) is 0 Å². The second-order valence-electron chi connectivity index (χ2n) is 2.08. The number of hydrogen-bond acceptors (Lipinski definition) is 1. The molecule has 2 nitrogen and oxygen atoms in total. The van der Waals surface area contributed by atoms with Crippen LogP contribution in [0, 0.1) is 6.85 Å². The molecule has 1 aromatic rings. The van der Waals surface area contributed by atoms with Crippen LogP contribution in [-0.2, 0) is 0 Å². The van der Waals surface area contributed by atoms with Crippen LogP contribution in [0.1, 0.15) is 20.0 Å². The molecule has 64 valence electrons. The van der Waals surface area contributed by atoms with Gasteiger partial charge in [0.1, 0.15) is 0 Å². The minimum Gasteiger partial charge on any atom is -0.266 e. The maximum atomic E-state index is 11.4. The second-order valence-corrected chi connectivity index (χ2v) is 2.93. The van der Waals surface area contributed by atoms with Gasteiger partial charge in [-0.3, -0.25) is 4.79 Å². The first-order valence-electron chi connectivity index (χ1n) is 4.59. The third-order valence-corrected chi connectivity index (χ3v) is 1.62. The number of amides is 1. The second kappa shape index (κ2) is 3.78. The van der Waals surface area contributed by atoms with Crippen LogP contribution in [0.2, 0.25) is 0 Å². The third-order valence-electron chi connectivity index (χ3n) is 1.31. The first-order chi connectivity index (χ1) is 6.84. The Morgan fingerprint density at radius 3 is 2.75 bits per heavy atom. The molecular formula is C8H7Cl2NO. The molecule has 1 rings (SSSR count). The Morgan fingerprint density at radius 1 is 1.50 bits per heavy atom. The van der Waals surface area contributed by atoms with E-state index in [4.69, 9.17) is 27.7 Å². The summed E-state index contributed by atoms with van der Waals surface area (Å²) in [5.74, 6) is -0.759. The molecule has 0 radical (unpaired) electrons. The summed E-state index contributed by atoms with van der Waals surface area (Å²) in [7, 11) is 0. The standard InChI is InChI=1S/C8H7Cl2NO/c1-6-4-2-3-5-7(6)8(12)11(9)10/h2-5H,1H3/i1D3. The lowest BCUT2D eigenvalue weighted by Crippen LogP contribution is -2.12. The van der Waals surface area contributed by atoms with Crippen molar-refractivity contribution < 1.29 is 8.91 Å². The summed E-state index contributed by atoms with van der Waals surface area (Å²) in [5.41, 5.74) is -0.0937. The molecule has 4 heteroatoms. The molecule has 1 amide bonds. The van der Waals surface area contributed by atoms with E-state index in [1.165, 1.54) is 18.2 Å². The molecule has 1 aromatic carbocycles. The van der Waals surface area contributed by atoms with E-state index in [-0.39, 0.29) is 11.1 Å². The maximum Gasteiger partial charge on any atom is 0.283 e. The molecule has 0 bridgehead atoms. The Morgan fingerprint density at radius 2 is 2.17 bits per heavy atom. The summed E-state index contributed by atoms with van der Waals surface area (Å²) in [4.78, 5) is 11.4. The Labute approximate surface area is 85.1 Å². The SMILES string of the molecule is [2H]C([2H])([2H])c1ccccc1C(=O)N(Cl)Cl. The molecule has 0 N–H and O–H groups in total. The molecule has 0 fully saturated rings. The summed E-state index contributed by atoms with van der Waals surface area (Å²) in [6.45, 7) is -2.37. The van der Waals surface area contributed by atoms with Crippen LogP contribution in [0.15, 0.2) is 24.3 Å². The molecule has 0 aliphatic heterocycles. The van der Waals surface area contributed by atoms with E-state index in [0.717, 1.165) is 0 Å². The molecule has 0 aromatic heterocycles. The topological polar surface area (TPSA) is 20.3 Å². The molecule has 0 spiro atoms. The van der Waals surface area contributed by atoms with Gasteiger partial charge >= 0.3 is 0 Å². The van der Waals surface area contributed by atoms with Gasteiger partial charge in [0, 0.05) is 33.2 Å². The molecule has 0 aliphatic carbocycles. The van der Waals surface area contributed by atoms with Gasteiger partial charge < -0.3 is 0 Å². The van der Waals surface area contributed by atoms with Crippen molar-refractivity contribution in [3.63, 3.8) is 0 Å². The van der Waals surface area contributed by atoms with Gasteiger partial charge in [-0.25, -0.2) is 0 Å². The predicted octanol–water partition coefficient (Wildman–Crippen LogP) is 2.74. The lowest BCUT2D eigenvalue weighted by molar-refractivity contribution is 0.0923. The summed E-state index contributed by atoms with van der Waals surface area (Å²) < 4.78 is 22.0. The van der Waals surface area contributed by atoms with E-state index in [9.17, 15) is 4.79 Å². The predicted molar refractivity (Wildman–Crippen MR) is 49.1 cm³/mol. The number of nitrogens with zero attached hydrogens (tertiary/aromatic N) is 1. The van der Waals surface area contributed by atoms with Crippen molar-refractivity contribution >= 4 is 29.5 Å². The highest BCUT2D eigenvalue weighted by Gasteiger charge is 2.12. The zero-order valence-electron chi connectivity index (χ0n) is 8.92. The number of hydrogen-bond donors (Lipinski definition) is 0. The first-order valence-corrected chi connectivity index (χ1v) is 3.77. The molecule has 0 unspecified atom stereocenters. The van der Waals surface area contributed by atoms with Crippen LogP contribution in [0.3, 0.4) is 0 Å². The van der Waals surface area contributed by atoms with Gasteiger partial charge in [0.25, 0.3) is 5.91 Å². The smallest absolute Gasteiger partial charge is 0.266 e. The fourth-order valence-electron chi connectivity index (χ4n) is 0.761. The zero-order chi connectivity index (χ0) is 11.6. The monoisotopic (exact) mass is 206 g/mol. The molecular weight excluding hydrogens is 197 g/mol. The minimum atomic E-state index is -2.37. The van der Waals surface area contributed by atoms with Gasteiger partial charge in [0.15, 0.2) is 0 Å². The number of rotatable bonds is 1. The third kappa shape index (κ3) is 1.90. The summed E-state index contributed by atoms with van der Waals surface area (Å²) in [6, 6.07) is 5.78. The van der Waals surface area contributed by atoms with Crippen LogP contribution in [0.25, 0.3) is 0 Å². The van der Waals surface area contributed by atoms with E-state index < -0.39 is 12.8 Å². The normalized spacial score (nSPS) is 14.3. The average molecular weight is 207 g/mol. The van der Waals surface area contributed by atoms with Crippen LogP contribution in [0.4, 0.5) is 0 Å². The van der Waals surface area contributed by atoms with Crippen molar-refractivity contribution in [2.24, 2.45) is 0 Å². The van der Waals surface area contributed by atoms with E-state index in [0.29, 0.717) is 3.94 Å². The summed E-state index contributed by atoms with van der Waals surface area (Å²) >= 11 is 10.5. The Hall–Kier alpha value is -0.730. The Kier molecular flexibility index (Phi) is 1.84. The van der Waals surface area contributed by atoms with Gasteiger partial charge in [-0.1, -0.05) is 18.2 Å². The summed E-state index contributed by atoms with van der Waals surface area (Å²) in [5, 5.41) is 0. The largest absolute Gasteiger partial charge is 0.283 e. The maximum absolute atomic E-state index is 11.4. The quantitative estimate of drug-likeness (QED) is 0.648. The number of carbonyl (C=O) groups excluding carboxylic acids is 1. The lowest BCUT2D eigenvalue weighted by atomic mass is 10.1. The highest BCUT2D eigenvalue weighted by molar-refractivity contribution is 6.43. The zero-order valence-corrected chi connectivity index (χ0v) is 7.43. The van der Waals surface area contributed by atoms with Crippen molar-refractivity contribution in [3.05, 3.63) is 35.4 Å².